The van der Waals surface area contributed by atoms with E-state index in [4.69, 9.17) is 19.6 Å². The Labute approximate surface area is 254 Å². The normalized spacial score (nSPS) is 24.4. The van der Waals surface area contributed by atoms with E-state index in [9.17, 15) is 0 Å². The van der Waals surface area contributed by atoms with Gasteiger partial charge in [0.2, 0.25) is 0 Å². The van der Waals surface area contributed by atoms with Crippen LogP contribution in [-0.2, 0) is 13.9 Å². The summed E-state index contributed by atoms with van der Waals surface area (Å²) in [5, 5.41) is 3.34. The van der Waals surface area contributed by atoms with E-state index < -0.39 is 14.1 Å². The second-order valence-electron chi connectivity index (χ2n) is 11.9. The molecule has 2 N–H and O–H groups in total. The Morgan fingerprint density at radius 1 is 1.00 bits per heavy atom. The molecule has 0 unspecified atom stereocenters. The first-order valence-electron chi connectivity index (χ1n) is 13.5. The van der Waals surface area contributed by atoms with Crippen LogP contribution < -0.4 is 16.1 Å². The predicted molar refractivity (Wildman–Crippen MR) is 172 cm³/mol. The molecule has 0 aliphatic carbocycles. The van der Waals surface area contributed by atoms with Crippen molar-refractivity contribution >= 4 is 69.9 Å². The lowest BCUT2D eigenvalue weighted by molar-refractivity contribution is -0.149. The minimum absolute atomic E-state index is 0.0418. The molecule has 4 atom stereocenters. The highest BCUT2D eigenvalue weighted by atomic mass is 127. The van der Waals surface area contributed by atoms with E-state index in [1.165, 1.54) is 16.7 Å². The van der Waals surface area contributed by atoms with Gasteiger partial charge in [-0.1, -0.05) is 81.4 Å². The number of benzene rings is 2. The second kappa shape index (κ2) is 10.4. The van der Waals surface area contributed by atoms with Crippen LogP contribution in [0.1, 0.15) is 40.0 Å². The lowest BCUT2D eigenvalue weighted by atomic mass is 10.1. The topological polar surface area (TPSA) is 84.4 Å². The molecule has 2 saturated heterocycles. The van der Waals surface area contributed by atoms with Crippen molar-refractivity contribution in [3.8, 4) is 0 Å². The molecule has 2 aliphatic heterocycles. The summed E-state index contributed by atoms with van der Waals surface area (Å²) in [6.45, 7) is 11.5. The first-order valence-corrected chi connectivity index (χ1v) is 17.5. The van der Waals surface area contributed by atoms with Gasteiger partial charge in [0.1, 0.15) is 35.4 Å². The van der Waals surface area contributed by atoms with Crippen LogP contribution in [0.15, 0.2) is 73.2 Å². The molecule has 7 nitrogen and oxygen atoms in total. The van der Waals surface area contributed by atoms with Crippen molar-refractivity contribution in [3.63, 3.8) is 0 Å². The number of ether oxygens (including phenoxy) is 2. The molecule has 0 radical (unpaired) electrons. The molecule has 0 spiro atoms. The van der Waals surface area contributed by atoms with Crippen molar-refractivity contribution in [3.05, 3.63) is 76.8 Å². The Hall–Kier alpha value is -1.96. The van der Waals surface area contributed by atoms with Crippen LogP contribution in [0, 0.1) is 3.57 Å². The lowest BCUT2D eigenvalue weighted by Gasteiger charge is -2.43. The van der Waals surface area contributed by atoms with Gasteiger partial charge in [0.05, 0.1) is 10.6 Å². The van der Waals surface area contributed by atoms with Gasteiger partial charge in [-0.2, -0.15) is 0 Å². The van der Waals surface area contributed by atoms with Gasteiger partial charge in [0.15, 0.2) is 5.79 Å². The number of nitrogen functional groups attached to an aromatic ring is 1. The predicted octanol–water partition coefficient (Wildman–Crippen LogP) is 5.33. The molecule has 4 aromatic rings. The van der Waals surface area contributed by atoms with Crippen molar-refractivity contribution in [2.45, 2.75) is 68.3 Å². The summed E-state index contributed by atoms with van der Waals surface area (Å²) in [5.41, 5.74) is 7.06. The average molecular weight is 687 g/mol. The van der Waals surface area contributed by atoms with E-state index in [2.05, 4.69) is 125 Å². The Morgan fingerprint density at radius 3 is 2.20 bits per heavy atom. The summed E-state index contributed by atoms with van der Waals surface area (Å²) in [5.74, 6) is -0.197. The third-order valence-corrected chi connectivity index (χ3v) is 15.2. The minimum Gasteiger partial charge on any atom is -0.406 e. The summed E-state index contributed by atoms with van der Waals surface area (Å²) < 4.78 is 23.7. The van der Waals surface area contributed by atoms with Crippen molar-refractivity contribution in [2.75, 3.05) is 12.3 Å². The number of fused-ring (bicyclic) bond motifs is 2. The van der Waals surface area contributed by atoms with Crippen molar-refractivity contribution in [2.24, 2.45) is 0 Å². The third-order valence-electron chi connectivity index (χ3n) is 7.87. The van der Waals surface area contributed by atoms with E-state index in [-0.39, 0.29) is 27.9 Å². The number of rotatable bonds is 6. The minimum atomic E-state index is -2.70. The van der Waals surface area contributed by atoms with Gasteiger partial charge in [-0.05, 0) is 51.9 Å². The fraction of sp³-hybridized carbons (Fsp3) is 0.400. The Bertz CT molecular complexity index is 1470. The molecule has 0 bridgehead atoms. The van der Waals surface area contributed by atoms with E-state index in [1.807, 2.05) is 25.6 Å². The van der Waals surface area contributed by atoms with E-state index in [1.54, 1.807) is 0 Å². The first kappa shape index (κ1) is 28.2. The first-order chi connectivity index (χ1) is 19.0. The molecular weight excluding hydrogens is 651 g/mol. The number of hydrogen-bond acceptors (Lipinski definition) is 7. The SMILES string of the molecule is CC1(C)O[C@@H]2[C@H](O1)[C@@H](CO[Si](c1ccccc1)(c1ccccc1)C(C)(C)C)S[C@H]2n1cc(I)c2c(N)ncnc21. The van der Waals surface area contributed by atoms with Crippen LogP contribution in [0.3, 0.4) is 0 Å². The van der Waals surface area contributed by atoms with Crippen molar-refractivity contribution in [1.82, 2.24) is 14.5 Å². The molecule has 210 valence electrons. The zero-order valence-electron chi connectivity index (χ0n) is 23.4. The Morgan fingerprint density at radius 2 is 1.60 bits per heavy atom. The number of nitrogens with two attached hydrogens (primary N) is 1. The summed E-state index contributed by atoms with van der Waals surface area (Å²) in [6, 6.07) is 21.5. The number of nitrogens with zero attached hydrogens (tertiary/aromatic N) is 3. The molecule has 2 aromatic carbocycles. The number of halogens is 1. The van der Waals surface area contributed by atoms with Gasteiger partial charge in [-0.15, -0.1) is 11.8 Å². The zero-order valence-corrected chi connectivity index (χ0v) is 27.3. The largest absolute Gasteiger partial charge is 0.406 e. The number of aromatic nitrogens is 3. The van der Waals surface area contributed by atoms with E-state index in [0.717, 1.165) is 14.6 Å². The van der Waals surface area contributed by atoms with Crippen LogP contribution >= 0.6 is 34.4 Å². The Balaban J connectivity index is 1.39. The van der Waals surface area contributed by atoms with Gasteiger partial charge >= 0.3 is 0 Å². The van der Waals surface area contributed by atoms with Crippen molar-refractivity contribution < 1.29 is 13.9 Å². The van der Waals surface area contributed by atoms with Crippen molar-refractivity contribution in [1.29, 1.82) is 0 Å². The third kappa shape index (κ3) is 4.70. The number of thioether (sulfide) groups is 1. The van der Waals surface area contributed by atoms with E-state index in [0.29, 0.717) is 12.4 Å². The van der Waals surface area contributed by atoms with Gasteiger partial charge in [0.25, 0.3) is 8.32 Å². The van der Waals surface area contributed by atoms with Crippen LogP contribution in [-0.4, -0.2) is 52.7 Å². The van der Waals surface area contributed by atoms with E-state index >= 15 is 0 Å². The van der Waals surface area contributed by atoms with Crippen LogP contribution in [0.5, 0.6) is 0 Å². The highest BCUT2D eigenvalue weighted by Crippen LogP contribution is 2.52. The van der Waals surface area contributed by atoms with Gasteiger partial charge in [-0.3, -0.25) is 0 Å². The molecule has 0 saturated carbocycles. The highest BCUT2D eigenvalue weighted by molar-refractivity contribution is 14.1. The fourth-order valence-electron chi connectivity index (χ4n) is 6.24. The summed E-state index contributed by atoms with van der Waals surface area (Å²) in [4.78, 5) is 8.83. The lowest BCUT2D eigenvalue weighted by Crippen LogP contribution is -2.67. The molecule has 4 heterocycles. The van der Waals surface area contributed by atoms with Gasteiger partial charge < -0.3 is 24.2 Å². The summed E-state index contributed by atoms with van der Waals surface area (Å²) in [7, 11) is -2.70. The van der Waals surface area contributed by atoms with Gasteiger partial charge in [-0.25, -0.2) is 9.97 Å². The monoisotopic (exact) mass is 686 g/mol. The second-order valence-corrected chi connectivity index (χ2v) is 18.8. The standard InChI is InChI=1S/C30H35IN4O3SSi/c1-29(2,3)40(19-12-8-6-9-13-19,20-14-10-7-11-15-20)36-17-22-24-25(38-30(4,5)37-24)28(39-22)35-16-21(31)23-26(32)33-18-34-27(23)35/h6-16,18,22,24-25,28H,17H2,1-5H3,(H2,32,33,34)/t22-,24-,25-,28-/m1/s1. The molecule has 2 aromatic heterocycles. The molecular formula is C30H35IN4O3SSi. The highest BCUT2D eigenvalue weighted by Gasteiger charge is 2.57. The maximum Gasteiger partial charge on any atom is 0.261 e. The molecule has 10 heteroatoms. The van der Waals surface area contributed by atoms with Crippen LogP contribution in [0.25, 0.3) is 11.0 Å². The van der Waals surface area contributed by atoms with Crippen LogP contribution in [0.2, 0.25) is 5.04 Å². The maximum atomic E-state index is 7.35. The zero-order chi connectivity index (χ0) is 28.3. The Kier molecular flexibility index (Phi) is 7.32. The number of hydrogen-bond donors (Lipinski definition) is 1. The molecule has 0 amide bonds. The molecule has 6 rings (SSSR count). The fourth-order valence-corrected chi connectivity index (χ4v) is 13.3. The van der Waals surface area contributed by atoms with Crippen LogP contribution in [0.4, 0.5) is 5.82 Å². The van der Waals surface area contributed by atoms with Gasteiger partial charge in [0, 0.05) is 16.4 Å². The summed E-state index contributed by atoms with van der Waals surface area (Å²) >= 11 is 4.15. The smallest absolute Gasteiger partial charge is 0.261 e. The average Bonchev–Trinajstić information content (AvgIpc) is 3.53. The molecule has 40 heavy (non-hydrogen) atoms. The molecule has 2 fully saturated rings. The maximum absolute atomic E-state index is 7.35. The summed E-state index contributed by atoms with van der Waals surface area (Å²) in [6.07, 6.45) is 3.35. The quantitative estimate of drug-likeness (QED) is 0.217. The molecule has 2 aliphatic rings. The number of anilines is 1.